The normalized spacial score (nSPS) is 10.6. The number of hydrogen-bond acceptors (Lipinski definition) is 2. The van der Waals surface area contributed by atoms with Crippen LogP contribution < -0.4 is 10.2 Å². The standard InChI is InChI=1S/C18H23ClN2/c1-3-11-20-13-16-9-10-18(17(19)12-16)21(2)14-15-7-5-4-6-8-15/h4-10,12,20H,3,11,13-14H2,1-2H3. The summed E-state index contributed by atoms with van der Waals surface area (Å²) < 4.78 is 0. The van der Waals surface area contributed by atoms with Crippen LogP contribution in [0.2, 0.25) is 5.02 Å². The lowest BCUT2D eigenvalue weighted by Gasteiger charge is -2.21. The molecule has 0 heterocycles. The van der Waals surface area contributed by atoms with Gasteiger partial charge >= 0.3 is 0 Å². The molecule has 0 fully saturated rings. The van der Waals surface area contributed by atoms with E-state index in [0.29, 0.717) is 0 Å². The summed E-state index contributed by atoms with van der Waals surface area (Å²) in [6, 6.07) is 16.7. The van der Waals surface area contributed by atoms with Gasteiger partial charge in [-0.15, -0.1) is 0 Å². The zero-order valence-corrected chi connectivity index (χ0v) is 13.5. The molecule has 0 spiro atoms. The summed E-state index contributed by atoms with van der Waals surface area (Å²) in [6.45, 7) is 4.93. The van der Waals surface area contributed by atoms with Gasteiger partial charge in [0.2, 0.25) is 0 Å². The fourth-order valence-electron chi connectivity index (χ4n) is 2.32. The molecular formula is C18H23ClN2. The Kier molecular flexibility index (Phi) is 6.09. The molecule has 112 valence electrons. The number of hydrogen-bond donors (Lipinski definition) is 1. The molecule has 3 heteroatoms. The fourth-order valence-corrected chi connectivity index (χ4v) is 2.67. The Morgan fingerprint density at radius 1 is 1.05 bits per heavy atom. The highest BCUT2D eigenvalue weighted by Gasteiger charge is 2.07. The minimum atomic E-state index is 0.809. The molecule has 2 aromatic rings. The summed E-state index contributed by atoms with van der Waals surface area (Å²) in [6.07, 6.45) is 1.14. The molecular weight excluding hydrogens is 280 g/mol. The average Bonchev–Trinajstić information content (AvgIpc) is 2.48. The molecule has 0 aromatic heterocycles. The van der Waals surface area contributed by atoms with Gasteiger partial charge in [0.05, 0.1) is 10.7 Å². The highest BCUT2D eigenvalue weighted by molar-refractivity contribution is 6.33. The first kappa shape index (κ1) is 15.9. The minimum Gasteiger partial charge on any atom is -0.369 e. The third-order valence-electron chi connectivity index (χ3n) is 3.44. The van der Waals surface area contributed by atoms with Gasteiger partial charge in [-0.05, 0) is 36.2 Å². The highest BCUT2D eigenvalue weighted by Crippen LogP contribution is 2.27. The fraction of sp³-hybridized carbons (Fsp3) is 0.333. The van der Waals surface area contributed by atoms with Crippen LogP contribution in [-0.4, -0.2) is 13.6 Å². The molecule has 2 nitrogen and oxygen atoms in total. The number of benzene rings is 2. The van der Waals surface area contributed by atoms with Crippen LogP contribution in [0.4, 0.5) is 5.69 Å². The van der Waals surface area contributed by atoms with E-state index in [9.17, 15) is 0 Å². The quantitative estimate of drug-likeness (QED) is 0.759. The molecule has 0 aliphatic heterocycles. The van der Waals surface area contributed by atoms with Crippen molar-refractivity contribution in [3.63, 3.8) is 0 Å². The maximum absolute atomic E-state index is 6.43. The Balaban J connectivity index is 2.02. The van der Waals surface area contributed by atoms with Crippen LogP contribution in [-0.2, 0) is 13.1 Å². The van der Waals surface area contributed by atoms with E-state index in [0.717, 1.165) is 36.8 Å². The zero-order chi connectivity index (χ0) is 15.1. The molecule has 0 aliphatic carbocycles. The molecule has 2 rings (SSSR count). The predicted octanol–water partition coefficient (Wildman–Crippen LogP) is 4.48. The van der Waals surface area contributed by atoms with Gasteiger partial charge in [-0.25, -0.2) is 0 Å². The molecule has 0 unspecified atom stereocenters. The minimum absolute atomic E-state index is 0.809. The van der Waals surface area contributed by atoms with Crippen molar-refractivity contribution >= 4 is 17.3 Å². The van der Waals surface area contributed by atoms with E-state index < -0.39 is 0 Å². The van der Waals surface area contributed by atoms with Crippen molar-refractivity contribution in [2.75, 3.05) is 18.5 Å². The molecule has 0 saturated heterocycles. The molecule has 2 aromatic carbocycles. The number of halogens is 1. The van der Waals surface area contributed by atoms with Crippen LogP contribution in [0.15, 0.2) is 48.5 Å². The highest BCUT2D eigenvalue weighted by atomic mass is 35.5. The summed E-state index contributed by atoms with van der Waals surface area (Å²) in [7, 11) is 2.07. The van der Waals surface area contributed by atoms with E-state index in [1.165, 1.54) is 11.1 Å². The van der Waals surface area contributed by atoms with Crippen LogP contribution in [0.1, 0.15) is 24.5 Å². The maximum Gasteiger partial charge on any atom is 0.0642 e. The number of anilines is 1. The van der Waals surface area contributed by atoms with Crippen molar-refractivity contribution in [3.8, 4) is 0 Å². The second-order valence-electron chi connectivity index (χ2n) is 5.30. The third kappa shape index (κ3) is 4.76. The van der Waals surface area contributed by atoms with Gasteiger partial charge in [-0.2, -0.15) is 0 Å². The maximum atomic E-state index is 6.43. The van der Waals surface area contributed by atoms with Crippen molar-refractivity contribution in [3.05, 3.63) is 64.7 Å². The first-order valence-electron chi connectivity index (χ1n) is 7.45. The molecule has 0 saturated carbocycles. The third-order valence-corrected chi connectivity index (χ3v) is 3.74. The molecule has 0 amide bonds. The Hall–Kier alpha value is -1.51. The summed E-state index contributed by atoms with van der Waals surface area (Å²) in [4.78, 5) is 2.18. The molecule has 21 heavy (non-hydrogen) atoms. The molecule has 0 bridgehead atoms. The Bertz CT molecular complexity index is 554. The smallest absolute Gasteiger partial charge is 0.0642 e. The second kappa shape index (κ2) is 8.06. The summed E-state index contributed by atoms with van der Waals surface area (Å²) >= 11 is 6.43. The van der Waals surface area contributed by atoms with Crippen LogP contribution in [0.5, 0.6) is 0 Å². The molecule has 0 radical (unpaired) electrons. The van der Waals surface area contributed by atoms with Gasteiger partial charge in [0.25, 0.3) is 0 Å². The summed E-state index contributed by atoms with van der Waals surface area (Å²) in [5, 5.41) is 4.20. The van der Waals surface area contributed by atoms with Crippen molar-refractivity contribution in [2.24, 2.45) is 0 Å². The lowest BCUT2D eigenvalue weighted by atomic mass is 10.1. The van der Waals surface area contributed by atoms with E-state index in [1.54, 1.807) is 0 Å². The van der Waals surface area contributed by atoms with Crippen LogP contribution >= 0.6 is 11.6 Å². The van der Waals surface area contributed by atoms with Crippen molar-refractivity contribution < 1.29 is 0 Å². The van der Waals surface area contributed by atoms with Crippen LogP contribution in [0, 0.1) is 0 Å². The Labute approximate surface area is 132 Å². The number of nitrogens with zero attached hydrogens (tertiary/aromatic N) is 1. The van der Waals surface area contributed by atoms with E-state index >= 15 is 0 Å². The number of nitrogens with one attached hydrogen (secondary N) is 1. The van der Waals surface area contributed by atoms with E-state index in [1.807, 2.05) is 6.07 Å². The SMILES string of the molecule is CCCNCc1ccc(N(C)Cc2ccccc2)c(Cl)c1. The van der Waals surface area contributed by atoms with Crippen molar-refractivity contribution in [1.82, 2.24) is 5.32 Å². The molecule has 0 atom stereocenters. The van der Waals surface area contributed by atoms with E-state index in [4.69, 9.17) is 11.6 Å². The lowest BCUT2D eigenvalue weighted by molar-refractivity contribution is 0.675. The first-order chi connectivity index (χ1) is 10.2. The summed E-state index contributed by atoms with van der Waals surface area (Å²) in [5.74, 6) is 0. The van der Waals surface area contributed by atoms with Gasteiger partial charge in [0.1, 0.15) is 0 Å². The number of rotatable bonds is 7. The van der Waals surface area contributed by atoms with Gasteiger partial charge in [0.15, 0.2) is 0 Å². The lowest BCUT2D eigenvalue weighted by Crippen LogP contribution is -2.17. The summed E-state index contributed by atoms with van der Waals surface area (Å²) in [5.41, 5.74) is 3.58. The zero-order valence-electron chi connectivity index (χ0n) is 12.8. The van der Waals surface area contributed by atoms with Gasteiger partial charge < -0.3 is 10.2 Å². The van der Waals surface area contributed by atoms with Gasteiger partial charge in [-0.3, -0.25) is 0 Å². The van der Waals surface area contributed by atoms with Crippen LogP contribution in [0.3, 0.4) is 0 Å². The average molecular weight is 303 g/mol. The monoisotopic (exact) mass is 302 g/mol. The predicted molar refractivity (Wildman–Crippen MR) is 92.0 cm³/mol. The first-order valence-corrected chi connectivity index (χ1v) is 7.82. The topological polar surface area (TPSA) is 15.3 Å². The van der Waals surface area contributed by atoms with E-state index in [2.05, 4.69) is 66.7 Å². The Morgan fingerprint density at radius 2 is 1.81 bits per heavy atom. The van der Waals surface area contributed by atoms with Crippen molar-refractivity contribution in [2.45, 2.75) is 26.4 Å². The van der Waals surface area contributed by atoms with Crippen molar-refractivity contribution in [1.29, 1.82) is 0 Å². The van der Waals surface area contributed by atoms with Gasteiger partial charge in [-0.1, -0.05) is 54.9 Å². The second-order valence-corrected chi connectivity index (χ2v) is 5.71. The van der Waals surface area contributed by atoms with Crippen LogP contribution in [0.25, 0.3) is 0 Å². The largest absolute Gasteiger partial charge is 0.369 e. The van der Waals surface area contributed by atoms with Gasteiger partial charge in [0, 0.05) is 20.1 Å². The molecule has 1 N–H and O–H groups in total. The molecule has 0 aliphatic rings. The Morgan fingerprint density at radius 3 is 2.48 bits per heavy atom. The van der Waals surface area contributed by atoms with E-state index in [-0.39, 0.29) is 0 Å².